The zero-order valence-electron chi connectivity index (χ0n) is 17.3. The number of fused-ring (bicyclic) bond motifs is 1. The van der Waals surface area contributed by atoms with Crippen LogP contribution in [0.5, 0.6) is 5.75 Å². The summed E-state index contributed by atoms with van der Waals surface area (Å²) >= 11 is 0. The van der Waals surface area contributed by atoms with E-state index in [-0.39, 0.29) is 17.2 Å². The predicted octanol–water partition coefficient (Wildman–Crippen LogP) is 3.10. The van der Waals surface area contributed by atoms with E-state index in [0.717, 1.165) is 5.52 Å². The van der Waals surface area contributed by atoms with Crippen molar-refractivity contribution in [1.82, 2.24) is 13.9 Å². The van der Waals surface area contributed by atoms with Gasteiger partial charge in [0.25, 0.3) is 0 Å². The molecule has 2 aromatic carbocycles. The topological polar surface area (TPSA) is 93.5 Å². The van der Waals surface area contributed by atoms with Gasteiger partial charge >= 0.3 is 0 Å². The molecule has 1 heterocycles. The molecular formula is C21H26N4O4S. The van der Waals surface area contributed by atoms with Crippen molar-refractivity contribution in [3.63, 3.8) is 0 Å². The van der Waals surface area contributed by atoms with Crippen LogP contribution in [0, 0.1) is 0 Å². The third kappa shape index (κ3) is 4.63. The summed E-state index contributed by atoms with van der Waals surface area (Å²) in [5, 5.41) is 2.84. The molecule has 30 heavy (non-hydrogen) atoms. The Bertz CT molecular complexity index is 1140. The van der Waals surface area contributed by atoms with E-state index < -0.39 is 10.0 Å². The second kappa shape index (κ2) is 9.27. The minimum Gasteiger partial charge on any atom is -0.497 e. The number of hydrogen-bond acceptors (Lipinski definition) is 5. The Balaban J connectivity index is 1.71. The molecule has 8 nitrogen and oxygen atoms in total. The number of hydrogen-bond donors (Lipinski definition) is 1. The van der Waals surface area contributed by atoms with Gasteiger partial charge in [0.1, 0.15) is 5.75 Å². The zero-order valence-corrected chi connectivity index (χ0v) is 18.1. The van der Waals surface area contributed by atoms with Crippen LogP contribution in [0.3, 0.4) is 0 Å². The van der Waals surface area contributed by atoms with Gasteiger partial charge in [-0.15, -0.1) is 0 Å². The molecule has 0 saturated heterocycles. The maximum Gasteiger partial charge on any atom is 0.243 e. The number of anilines is 1. The van der Waals surface area contributed by atoms with Crippen molar-refractivity contribution in [2.24, 2.45) is 0 Å². The average molecular weight is 431 g/mol. The molecule has 0 aliphatic rings. The van der Waals surface area contributed by atoms with E-state index in [1.54, 1.807) is 43.8 Å². The first kappa shape index (κ1) is 21.8. The molecule has 0 aliphatic heterocycles. The SMILES string of the molecule is CCN(CC)S(=O)(=O)c1ccc2c(c1)ncn2CCC(=O)Nc1cccc(OC)c1. The fraction of sp³-hybridized carbons (Fsp3) is 0.333. The van der Waals surface area contributed by atoms with Crippen molar-refractivity contribution in [2.45, 2.75) is 31.7 Å². The minimum absolute atomic E-state index is 0.133. The van der Waals surface area contributed by atoms with Crippen molar-refractivity contribution in [1.29, 1.82) is 0 Å². The monoisotopic (exact) mass is 430 g/mol. The fourth-order valence-electron chi connectivity index (χ4n) is 3.24. The summed E-state index contributed by atoms with van der Waals surface area (Å²) < 4.78 is 33.8. The van der Waals surface area contributed by atoms with Crippen LogP contribution in [0.25, 0.3) is 11.0 Å². The quantitative estimate of drug-likeness (QED) is 0.563. The second-order valence-corrected chi connectivity index (χ2v) is 8.65. The van der Waals surface area contributed by atoms with Crippen molar-refractivity contribution < 1.29 is 17.9 Å². The number of benzene rings is 2. The van der Waals surface area contributed by atoms with Gasteiger partial charge in [0.05, 0.1) is 29.4 Å². The molecule has 1 amide bonds. The van der Waals surface area contributed by atoms with Gasteiger partial charge in [0.15, 0.2) is 0 Å². The average Bonchev–Trinajstić information content (AvgIpc) is 3.15. The Kier molecular flexibility index (Phi) is 6.73. The van der Waals surface area contributed by atoms with Crippen LogP contribution >= 0.6 is 0 Å². The first-order valence-electron chi connectivity index (χ1n) is 9.78. The number of carbonyl (C=O) groups is 1. The smallest absolute Gasteiger partial charge is 0.243 e. The van der Waals surface area contributed by atoms with Gasteiger partial charge in [-0.3, -0.25) is 4.79 Å². The van der Waals surface area contributed by atoms with Gasteiger partial charge in [0, 0.05) is 37.8 Å². The van der Waals surface area contributed by atoms with E-state index in [9.17, 15) is 13.2 Å². The summed E-state index contributed by atoms with van der Waals surface area (Å²) in [6.45, 7) is 4.87. The van der Waals surface area contributed by atoms with Gasteiger partial charge in [-0.25, -0.2) is 13.4 Å². The number of sulfonamides is 1. The number of rotatable bonds is 9. The van der Waals surface area contributed by atoms with Crippen LogP contribution in [0.1, 0.15) is 20.3 Å². The molecule has 3 rings (SSSR count). The standard InChI is InChI=1S/C21H26N4O4S/c1-4-25(5-2)30(27,28)18-9-10-20-19(14-18)22-15-24(20)12-11-21(26)23-16-7-6-8-17(13-16)29-3/h6-10,13-15H,4-5,11-12H2,1-3H3,(H,23,26). The number of nitrogens with one attached hydrogen (secondary N) is 1. The van der Waals surface area contributed by atoms with E-state index >= 15 is 0 Å². The molecule has 0 radical (unpaired) electrons. The third-order valence-corrected chi connectivity index (χ3v) is 6.91. The highest BCUT2D eigenvalue weighted by Gasteiger charge is 2.22. The molecule has 0 saturated carbocycles. The minimum atomic E-state index is -3.54. The summed E-state index contributed by atoms with van der Waals surface area (Å²) in [4.78, 5) is 16.8. The van der Waals surface area contributed by atoms with Crippen LogP contribution in [0.2, 0.25) is 0 Å². The number of nitrogens with zero attached hydrogens (tertiary/aromatic N) is 3. The van der Waals surface area contributed by atoms with Crippen LogP contribution in [-0.2, 0) is 21.4 Å². The summed E-state index contributed by atoms with van der Waals surface area (Å²) in [6.07, 6.45) is 1.87. The molecule has 1 N–H and O–H groups in total. The maximum atomic E-state index is 12.7. The van der Waals surface area contributed by atoms with Gasteiger partial charge in [-0.1, -0.05) is 19.9 Å². The number of ether oxygens (including phenoxy) is 1. The van der Waals surface area contributed by atoms with Crippen LogP contribution in [0.4, 0.5) is 5.69 Å². The number of carbonyl (C=O) groups excluding carboxylic acids is 1. The van der Waals surface area contributed by atoms with E-state index in [1.165, 1.54) is 4.31 Å². The largest absolute Gasteiger partial charge is 0.497 e. The van der Waals surface area contributed by atoms with Crippen LogP contribution < -0.4 is 10.1 Å². The Hall–Kier alpha value is -2.91. The molecule has 0 bridgehead atoms. The summed E-state index contributed by atoms with van der Waals surface area (Å²) in [5.74, 6) is 0.537. The van der Waals surface area contributed by atoms with Crippen LogP contribution in [0.15, 0.2) is 53.7 Å². The van der Waals surface area contributed by atoms with Gasteiger partial charge < -0.3 is 14.6 Å². The first-order chi connectivity index (χ1) is 14.4. The Morgan fingerprint density at radius 3 is 2.63 bits per heavy atom. The van der Waals surface area contributed by atoms with Crippen molar-refractivity contribution in [2.75, 3.05) is 25.5 Å². The predicted molar refractivity (Wildman–Crippen MR) is 116 cm³/mol. The number of aryl methyl sites for hydroxylation is 1. The van der Waals surface area contributed by atoms with E-state index in [4.69, 9.17) is 4.74 Å². The molecule has 9 heteroatoms. The Labute approximate surface area is 176 Å². The molecule has 160 valence electrons. The molecule has 0 spiro atoms. The lowest BCUT2D eigenvalue weighted by molar-refractivity contribution is -0.116. The van der Waals surface area contributed by atoms with Gasteiger partial charge in [-0.2, -0.15) is 4.31 Å². The highest BCUT2D eigenvalue weighted by Crippen LogP contribution is 2.22. The maximum absolute atomic E-state index is 12.7. The van der Waals surface area contributed by atoms with Gasteiger partial charge in [-0.05, 0) is 30.3 Å². The fourth-order valence-corrected chi connectivity index (χ4v) is 4.72. The van der Waals surface area contributed by atoms with E-state index in [1.807, 2.05) is 30.5 Å². The lowest BCUT2D eigenvalue weighted by atomic mass is 10.3. The molecule has 0 unspecified atom stereocenters. The Morgan fingerprint density at radius 1 is 1.17 bits per heavy atom. The molecule has 1 aromatic heterocycles. The number of imidazole rings is 1. The number of methoxy groups -OCH3 is 1. The molecule has 3 aromatic rings. The third-order valence-electron chi connectivity index (χ3n) is 4.87. The van der Waals surface area contributed by atoms with Crippen molar-refractivity contribution in [3.05, 3.63) is 48.8 Å². The number of aromatic nitrogens is 2. The first-order valence-corrected chi connectivity index (χ1v) is 11.2. The molecular weight excluding hydrogens is 404 g/mol. The molecule has 0 aliphatic carbocycles. The van der Waals surface area contributed by atoms with Crippen molar-refractivity contribution in [3.8, 4) is 5.75 Å². The normalized spacial score (nSPS) is 11.7. The van der Waals surface area contributed by atoms with E-state index in [2.05, 4.69) is 10.3 Å². The zero-order chi connectivity index (χ0) is 21.7. The summed E-state index contributed by atoms with van der Waals surface area (Å²) in [6, 6.07) is 12.1. The molecule has 0 atom stereocenters. The lowest BCUT2D eigenvalue weighted by Crippen LogP contribution is -2.30. The summed E-state index contributed by atoms with van der Waals surface area (Å²) in [5.41, 5.74) is 2.03. The highest BCUT2D eigenvalue weighted by molar-refractivity contribution is 7.89. The Morgan fingerprint density at radius 2 is 1.93 bits per heavy atom. The van der Waals surface area contributed by atoms with E-state index in [0.29, 0.717) is 36.6 Å². The second-order valence-electron chi connectivity index (χ2n) is 6.71. The highest BCUT2D eigenvalue weighted by atomic mass is 32.2. The summed E-state index contributed by atoms with van der Waals surface area (Å²) in [7, 11) is -1.97. The number of amides is 1. The molecule has 0 fully saturated rings. The van der Waals surface area contributed by atoms with Crippen molar-refractivity contribution >= 4 is 32.7 Å². The lowest BCUT2D eigenvalue weighted by Gasteiger charge is -2.18. The van der Waals surface area contributed by atoms with Crippen LogP contribution in [-0.4, -0.2) is 48.4 Å². The van der Waals surface area contributed by atoms with Gasteiger partial charge in [0.2, 0.25) is 15.9 Å².